The number of hydrogen-bond acceptors (Lipinski definition) is 2. The molecule has 1 unspecified atom stereocenters. The Labute approximate surface area is 116 Å². The van der Waals surface area contributed by atoms with Gasteiger partial charge in [0, 0.05) is 31.4 Å². The molecule has 0 saturated carbocycles. The molecule has 0 aromatic carbocycles. The Morgan fingerprint density at radius 3 is 2.10 bits per heavy atom. The van der Waals surface area contributed by atoms with E-state index in [1.54, 1.807) is 7.05 Å². The molecule has 4 nitrogen and oxygen atoms in total. The number of aromatic nitrogens is 3. The Morgan fingerprint density at radius 1 is 1.15 bits per heavy atom. The van der Waals surface area contributed by atoms with Crippen molar-refractivity contribution in [3.8, 4) is 5.82 Å². The Kier molecular flexibility index (Phi) is 3.25. The maximum atomic E-state index is 13.6. The monoisotopic (exact) mass is 283 g/mol. The number of alkyl halides is 2. The van der Waals surface area contributed by atoms with Gasteiger partial charge >= 0.3 is 0 Å². The molecule has 6 heteroatoms. The molecule has 0 aliphatic rings. The molecule has 0 amide bonds. The summed E-state index contributed by atoms with van der Waals surface area (Å²) in [6, 6.07) is 5.35. The first-order chi connectivity index (χ1) is 9.05. The molecule has 2 heterocycles. The molecule has 1 atom stereocenters. The van der Waals surface area contributed by atoms with E-state index in [-0.39, 0.29) is 5.69 Å². The lowest BCUT2D eigenvalue weighted by Crippen LogP contribution is -2.41. The highest BCUT2D eigenvalue weighted by Gasteiger charge is 2.48. The fourth-order valence-electron chi connectivity index (χ4n) is 2.27. The average molecular weight is 283 g/mol. The van der Waals surface area contributed by atoms with Crippen molar-refractivity contribution < 1.29 is 13.9 Å². The second-order valence-corrected chi connectivity index (χ2v) is 5.42. The van der Waals surface area contributed by atoms with Crippen LogP contribution >= 0.6 is 0 Å². The second kappa shape index (κ2) is 4.41. The Balaban J connectivity index is 2.57. The largest absolute Gasteiger partial charge is 0.378 e. The Bertz CT molecular complexity index is 616. The smallest absolute Gasteiger partial charge is 0.278 e. The molecular weight excluding hydrogens is 264 g/mol. The lowest BCUT2D eigenvalue weighted by Gasteiger charge is -2.29. The van der Waals surface area contributed by atoms with Crippen LogP contribution in [0.15, 0.2) is 18.2 Å². The molecule has 20 heavy (non-hydrogen) atoms. The summed E-state index contributed by atoms with van der Waals surface area (Å²) < 4.78 is 30.3. The first kappa shape index (κ1) is 14.7. The van der Waals surface area contributed by atoms with Crippen molar-refractivity contribution in [1.82, 2.24) is 14.3 Å². The van der Waals surface area contributed by atoms with Crippen LogP contribution in [-0.4, -0.2) is 25.4 Å². The number of aliphatic hydroxyl groups is 1. The minimum Gasteiger partial charge on any atom is -0.378 e. The van der Waals surface area contributed by atoms with Gasteiger partial charge in [0.2, 0.25) is 0 Å². The quantitative estimate of drug-likeness (QED) is 0.941. The standard InChI is InChI=1S/C14H19F2N3O/c1-9-6-7-10(2)19(9)12-8-11(18(5)17-12)13(3,20)14(4,15)16/h6-8,20H,1-5H3. The van der Waals surface area contributed by atoms with Gasteiger partial charge in [-0.15, -0.1) is 0 Å². The predicted molar refractivity (Wildman–Crippen MR) is 72.2 cm³/mol. The minimum absolute atomic E-state index is 0.0764. The van der Waals surface area contributed by atoms with E-state index >= 15 is 0 Å². The van der Waals surface area contributed by atoms with Gasteiger partial charge in [-0.2, -0.15) is 5.10 Å². The third-order valence-corrected chi connectivity index (χ3v) is 3.72. The van der Waals surface area contributed by atoms with Crippen molar-refractivity contribution >= 4 is 0 Å². The highest BCUT2D eigenvalue weighted by Crippen LogP contribution is 2.37. The number of hydrogen-bond donors (Lipinski definition) is 1. The van der Waals surface area contributed by atoms with Gasteiger partial charge < -0.3 is 9.67 Å². The number of nitrogens with zero attached hydrogens (tertiary/aromatic N) is 3. The van der Waals surface area contributed by atoms with E-state index < -0.39 is 11.5 Å². The highest BCUT2D eigenvalue weighted by molar-refractivity contribution is 5.35. The van der Waals surface area contributed by atoms with Crippen LogP contribution in [-0.2, 0) is 12.6 Å². The second-order valence-electron chi connectivity index (χ2n) is 5.42. The predicted octanol–water partition coefficient (Wildman–Crippen LogP) is 2.69. The molecule has 1 N–H and O–H groups in total. The van der Waals surface area contributed by atoms with Gasteiger partial charge in [-0.05, 0) is 32.9 Å². The summed E-state index contributed by atoms with van der Waals surface area (Å²) in [6.45, 7) is 5.62. The first-order valence-electron chi connectivity index (χ1n) is 6.35. The van der Waals surface area contributed by atoms with E-state index in [0.29, 0.717) is 12.7 Å². The summed E-state index contributed by atoms with van der Waals surface area (Å²) in [7, 11) is 1.55. The molecule has 110 valence electrons. The maximum Gasteiger partial charge on any atom is 0.278 e. The van der Waals surface area contributed by atoms with Crippen molar-refractivity contribution in [1.29, 1.82) is 0 Å². The van der Waals surface area contributed by atoms with Crippen molar-refractivity contribution in [2.75, 3.05) is 0 Å². The molecular formula is C14H19F2N3O. The topological polar surface area (TPSA) is 43.0 Å². The molecule has 2 aromatic heterocycles. The Morgan fingerprint density at radius 2 is 1.65 bits per heavy atom. The Hall–Kier alpha value is -1.69. The number of aryl methyl sites for hydroxylation is 3. The normalized spacial score (nSPS) is 15.4. The van der Waals surface area contributed by atoms with Gasteiger partial charge in [0.1, 0.15) is 0 Å². The van der Waals surface area contributed by atoms with Crippen LogP contribution in [0.5, 0.6) is 0 Å². The third kappa shape index (κ3) is 2.14. The molecule has 2 rings (SSSR count). The number of rotatable bonds is 3. The van der Waals surface area contributed by atoms with E-state index in [2.05, 4.69) is 5.10 Å². The lowest BCUT2D eigenvalue weighted by atomic mass is 9.95. The van der Waals surface area contributed by atoms with E-state index in [1.807, 2.05) is 30.5 Å². The highest BCUT2D eigenvalue weighted by atomic mass is 19.3. The molecule has 0 aliphatic heterocycles. The summed E-state index contributed by atoms with van der Waals surface area (Å²) in [5.41, 5.74) is -0.292. The first-order valence-corrected chi connectivity index (χ1v) is 6.35. The molecule has 0 bridgehead atoms. The van der Waals surface area contributed by atoms with Gasteiger partial charge in [-0.25, -0.2) is 8.78 Å². The van der Waals surface area contributed by atoms with E-state index in [9.17, 15) is 13.9 Å². The summed E-state index contributed by atoms with van der Waals surface area (Å²) in [5, 5.41) is 14.4. The molecule has 0 spiro atoms. The van der Waals surface area contributed by atoms with Crippen LogP contribution in [0.3, 0.4) is 0 Å². The zero-order chi connectivity index (χ0) is 15.3. The fraction of sp³-hybridized carbons (Fsp3) is 0.500. The van der Waals surface area contributed by atoms with Gasteiger partial charge in [-0.1, -0.05) is 0 Å². The summed E-state index contributed by atoms with van der Waals surface area (Å²) in [6.07, 6.45) is 0. The zero-order valence-corrected chi connectivity index (χ0v) is 12.3. The van der Waals surface area contributed by atoms with Crippen molar-refractivity contribution in [2.45, 2.75) is 39.2 Å². The van der Waals surface area contributed by atoms with E-state index in [1.165, 1.54) is 10.7 Å². The third-order valence-electron chi connectivity index (χ3n) is 3.72. The molecule has 0 saturated heterocycles. The van der Waals surface area contributed by atoms with E-state index in [4.69, 9.17) is 0 Å². The van der Waals surface area contributed by atoms with Crippen LogP contribution in [0, 0.1) is 13.8 Å². The van der Waals surface area contributed by atoms with Gasteiger partial charge in [-0.3, -0.25) is 4.68 Å². The lowest BCUT2D eigenvalue weighted by molar-refractivity contribution is -0.168. The van der Waals surface area contributed by atoms with Crippen LogP contribution in [0.4, 0.5) is 8.78 Å². The van der Waals surface area contributed by atoms with Gasteiger partial charge in [0.05, 0.1) is 5.69 Å². The van der Waals surface area contributed by atoms with Crippen LogP contribution < -0.4 is 0 Å². The van der Waals surface area contributed by atoms with Crippen LogP contribution in [0.1, 0.15) is 30.9 Å². The van der Waals surface area contributed by atoms with Gasteiger partial charge in [0.25, 0.3) is 5.92 Å². The van der Waals surface area contributed by atoms with Gasteiger partial charge in [0.15, 0.2) is 11.4 Å². The molecule has 0 aliphatic carbocycles. The fourth-order valence-corrected chi connectivity index (χ4v) is 2.27. The minimum atomic E-state index is -3.27. The average Bonchev–Trinajstić information content (AvgIpc) is 2.81. The molecule has 2 aromatic rings. The van der Waals surface area contributed by atoms with E-state index in [0.717, 1.165) is 18.3 Å². The summed E-state index contributed by atoms with van der Waals surface area (Å²) >= 11 is 0. The maximum absolute atomic E-state index is 13.6. The van der Waals surface area contributed by atoms with Crippen molar-refractivity contribution in [2.24, 2.45) is 7.05 Å². The van der Waals surface area contributed by atoms with Crippen LogP contribution in [0.25, 0.3) is 5.82 Å². The molecule has 0 fully saturated rings. The summed E-state index contributed by atoms with van der Waals surface area (Å²) in [5.74, 6) is -2.74. The van der Waals surface area contributed by atoms with Crippen molar-refractivity contribution in [3.05, 3.63) is 35.3 Å². The zero-order valence-electron chi connectivity index (χ0n) is 12.3. The summed E-state index contributed by atoms with van der Waals surface area (Å²) in [4.78, 5) is 0. The SMILES string of the molecule is Cc1ccc(C)n1-c1cc(C(C)(O)C(C)(F)F)n(C)n1. The molecule has 0 radical (unpaired) electrons. The number of halogens is 2. The van der Waals surface area contributed by atoms with Crippen LogP contribution in [0.2, 0.25) is 0 Å². The van der Waals surface area contributed by atoms with Crippen molar-refractivity contribution in [3.63, 3.8) is 0 Å².